The molecule has 1 heterocycles. The van der Waals surface area contributed by atoms with Crippen LogP contribution < -0.4 is 10.8 Å². The molecule has 0 radical (unpaired) electrons. The van der Waals surface area contributed by atoms with Gasteiger partial charge in [0.05, 0.1) is 18.8 Å². The summed E-state index contributed by atoms with van der Waals surface area (Å²) in [5, 5.41) is 21.1. The van der Waals surface area contributed by atoms with Crippen molar-refractivity contribution in [3.05, 3.63) is 143 Å². The minimum absolute atomic E-state index is 0.00967. The molecule has 9 heteroatoms. The Morgan fingerprint density at radius 2 is 1.25 bits per heavy atom. The summed E-state index contributed by atoms with van der Waals surface area (Å²) >= 11 is 0. The van der Waals surface area contributed by atoms with Crippen LogP contribution in [-0.4, -0.2) is 39.7 Å². The number of benzene rings is 4. The van der Waals surface area contributed by atoms with E-state index in [1.54, 1.807) is 5.48 Å². The zero-order chi connectivity index (χ0) is 33.6. The fourth-order valence-corrected chi connectivity index (χ4v) is 5.90. The molecule has 252 valence electrons. The van der Waals surface area contributed by atoms with Crippen LogP contribution in [0.5, 0.6) is 0 Å². The van der Waals surface area contributed by atoms with Crippen molar-refractivity contribution in [2.75, 3.05) is 6.54 Å². The van der Waals surface area contributed by atoms with Crippen molar-refractivity contribution in [1.82, 2.24) is 15.7 Å². The maximum absolute atomic E-state index is 12.3. The number of nitrogens with zero attached hydrogens (tertiary/aromatic N) is 1. The summed E-state index contributed by atoms with van der Waals surface area (Å²) in [5.41, 5.74) is 7.83. The number of hydroxylamine groups is 1. The van der Waals surface area contributed by atoms with Crippen LogP contribution in [0.3, 0.4) is 0 Å². The fraction of sp³-hybridized carbons (Fsp3) is 0.333. The Morgan fingerprint density at radius 1 is 0.688 bits per heavy atom. The molecule has 3 atom stereocenters. The van der Waals surface area contributed by atoms with Gasteiger partial charge in [0.15, 0.2) is 6.29 Å². The number of unbranched alkanes of at least 4 members (excludes halogenated alkanes) is 1. The van der Waals surface area contributed by atoms with Crippen LogP contribution in [0.25, 0.3) is 0 Å². The summed E-state index contributed by atoms with van der Waals surface area (Å²) < 4.78 is 13.3. The summed E-state index contributed by atoms with van der Waals surface area (Å²) in [6.07, 6.45) is 1.39. The molecule has 1 fully saturated rings. The van der Waals surface area contributed by atoms with E-state index in [2.05, 4.69) is 58.7 Å². The number of rotatable bonds is 16. The van der Waals surface area contributed by atoms with Crippen LogP contribution in [0.2, 0.25) is 0 Å². The van der Waals surface area contributed by atoms with E-state index >= 15 is 0 Å². The van der Waals surface area contributed by atoms with Gasteiger partial charge in [0.25, 0.3) is 0 Å². The van der Waals surface area contributed by atoms with Crippen molar-refractivity contribution in [3.63, 3.8) is 0 Å². The van der Waals surface area contributed by atoms with E-state index in [0.29, 0.717) is 38.8 Å². The zero-order valence-electron chi connectivity index (χ0n) is 27.2. The Balaban J connectivity index is 1.27. The van der Waals surface area contributed by atoms with Gasteiger partial charge in [-0.1, -0.05) is 109 Å². The summed E-state index contributed by atoms with van der Waals surface area (Å²) in [7, 11) is 0. The maximum atomic E-state index is 12.3. The normalized spacial score (nSPS) is 17.6. The molecule has 1 aliphatic rings. The molecule has 4 aromatic rings. The molecular formula is C39H45N3O6. The number of carbonyl (C=O) groups is 2. The van der Waals surface area contributed by atoms with Crippen LogP contribution >= 0.6 is 0 Å². The molecule has 2 amide bonds. The first-order chi connectivity index (χ1) is 23.5. The van der Waals surface area contributed by atoms with Crippen LogP contribution in [-0.2, 0) is 45.3 Å². The second-order valence-corrected chi connectivity index (χ2v) is 12.3. The quantitative estimate of drug-likeness (QED) is 0.0656. The summed E-state index contributed by atoms with van der Waals surface area (Å²) in [6.45, 7) is 2.66. The van der Waals surface area contributed by atoms with Gasteiger partial charge in [-0.25, -0.2) is 5.48 Å². The lowest BCUT2D eigenvalue weighted by Crippen LogP contribution is -2.39. The van der Waals surface area contributed by atoms with Gasteiger partial charge in [-0.3, -0.25) is 19.7 Å². The van der Waals surface area contributed by atoms with Crippen molar-refractivity contribution >= 4 is 11.8 Å². The highest BCUT2D eigenvalue weighted by atomic mass is 16.7. The van der Waals surface area contributed by atoms with E-state index in [1.807, 2.05) is 60.7 Å². The lowest BCUT2D eigenvalue weighted by Gasteiger charge is -2.38. The maximum Gasteiger partial charge on any atom is 0.243 e. The van der Waals surface area contributed by atoms with Crippen molar-refractivity contribution in [2.24, 2.45) is 0 Å². The Labute approximate surface area is 282 Å². The number of aliphatic hydroxyl groups is 1. The molecule has 1 saturated heterocycles. The highest BCUT2D eigenvalue weighted by molar-refractivity contribution is 5.76. The van der Waals surface area contributed by atoms with Gasteiger partial charge in [-0.15, -0.1) is 0 Å². The van der Waals surface area contributed by atoms with Gasteiger partial charge in [0.2, 0.25) is 11.8 Å². The average molecular weight is 652 g/mol. The average Bonchev–Trinajstić information content (AvgIpc) is 3.13. The standard InChI is InChI=1S/C39H45N3O6/c43-28-32-17-19-33(20-18-32)36-23-35(27-42(25-30-9-3-1-4-10-30)26-31-11-5-2-6-12-31)47-39(48-36)34-21-15-29(16-22-34)24-40-37(44)13-7-8-14-38(45)41-46/h1-6,9-12,15-22,35-36,39,43,46H,7-8,13-14,23-28H2,(H,40,44)(H,41,45)/t35-,36+,39+/m1/s1. The lowest BCUT2D eigenvalue weighted by molar-refractivity contribution is -0.253. The molecular weight excluding hydrogens is 606 g/mol. The van der Waals surface area contributed by atoms with Crippen LogP contribution in [0.4, 0.5) is 0 Å². The number of aliphatic hydroxyl groups excluding tert-OH is 1. The van der Waals surface area contributed by atoms with Crippen molar-refractivity contribution < 1.29 is 29.4 Å². The molecule has 5 rings (SSSR count). The van der Waals surface area contributed by atoms with Crippen molar-refractivity contribution in [2.45, 2.75) is 76.8 Å². The van der Waals surface area contributed by atoms with Gasteiger partial charge in [0, 0.05) is 51.0 Å². The molecule has 1 aliphatic heterocycles. The Morgan fingerprint density at radius 3 is 1.83 bits per heavy atom. The first-order valence-corrected chi connectivity index (χ1v) is 16.6. The van der Waals surface area contributed by atoms with Gasteiger partial charge in [-0.2, -0.15) is 0 Å². The predicted molar refractivity (Wildman–Crippen MR) is 182 cm³/mol. The fourth-order valence-electron chi connectivity index (χ4n) is 5.90. The molecule has 0 spiro atoms. The number of hydrogen-bond acceptors (Lipinski definition) is 7. The van der Waals surface area contributed by atoms with Crippen LogP contribution in [0.1, 0.15) is 77.9 Å². The van der Waals surface area contributed by atoms with Gasteiger partial charge < -0.3 is 19.9 Å². The third-order valence-corrected chi connectivity index (χ3v) is 8.50. The topological polar surface area (TPSA) is 120 Å². The van der Waals surface area contributed by atoms with E-state index in [9.17, 15) is 14.7 Å². The summed E-state index contributed by atoms with van der Waals surface area (Å²) in [5.74, 6) is -0.536. The van der Waals surface area contributed by atoms with E-state index in [-0.39, 0.29) is 31.1 Å². The Kier molecular flexibility index (Phi) is 13.3. The van der Waals surface area contributed by atoms with Gasteiger partial charge in [0.1, 0.15) is 0 Å². The van der Waals surface area contributed by atoms with E-state index in [4.69, 9.17) is 14.7 Å². The Bertz CT molecular complexity index is 1510. The molecule has 4 aromatic carbocycles. The molecule has 0 unspecified atom stereocenters. The first kappa shape index (κ1) is 34.9. The monoisotopic (exact) mass is 651 g/mol. The van der Waals surface area contributed by atoms with E-state index in [0.717, 1.165) is 35.3 Å². The second kappa shape index (κ2) is 18.2. The van der Waals surface area contributed by atoms with Crippen molar-refractivity contribution in [1.29, 1.82) is 0 Å². The zero-order valence-corrected chi connectivity index (χ0v) is 27.2. The summed E-state index contributed by atoms with van der Waals surface area (Å²) in [6, 6.07) is 36.8. The van der Waals surface area contributed by atoms with E-state index in [1.165, 1.54) is 11.1 Å². The number of nitrogens with one attached hydrogen (secondary N) is 2. The Hall–Kier alpha value is -4.38. The SMILES string of the molecule is O=C(CCCCC(=O)NCc1ccc([C@H]2O[C@@H](CN(Cc3ccccc3)Cc3ccccc3)C[C@@H](c3ccc(CO)cc3)O2)cc1)NO. The highest BCUT2D eigenvalue weighted by Gasteiger charge is 2.33. The smallest absolute Gasteiger partial charge is 0.243 e. The lowest BCUT2D eigenvalue weighted by atomic mass is 9.99. The van der Waals surface area contributed by atoms with Gasteiger partial charge in [-0.05, 0) is 40.7 Å². The van der Waals surface area contributed by atoms with Crippen LogP contribution in [0.15, 0.2) is 109 Å². The molecule has 0 aliphatic carbocycles. The largest absolute Gasteiger partial charge is 0.392 e. The third kappa shape index (κ3) is 10.8. The first-order valence-electron chi connectivity index (χ1n) is 16.6. The molecule has 0 bridgehead atoms. The summed E-state index contributed by atoms with van der Waals surface area (Å²) in [4.78, 5) is 25.9. The van der Waals surface area contributed by atoms with E-state index < -0.39 is 12.2 Å². The van der Waals surface area contributed by atoms with Crippen molar-refractivity contribution in [3.8, 4) is 0 Å². The predicted octanol–water partition coefficient (Wildman–Crippen LogP) is 6.11. The highest BCUT2D eigenvalue weighted by Crippen LogP contribution is 2.38. The molecule has 4 N–H and O–H groups in total. The molecule has 48 heavy (non-hydrogen) atoms. The minimum Gasteiger partial charge on any atom is -0.392 e. The number of ether oxygens (including phenoxy) is 2. The number of hydrogen-bond donors (Lipinski definition) is 4. The van der Waals surface area contributed by atoms with Gasteiger partial charge >= 0.3 is 0 Å². The molecule has 0 aromatic heterocycles. The van der Waals surface area contributed by atoms with Crippen LogP contribution in [0, 0.1) is 0 Å². The number of carbonyl (C=O) groups excluding carboxylic acids is 2. The minimum atomic E-state index is -0.582. The second-order valence-electron chi connectivity index (χ2n) is 12.3. The number of amides is 2. The third-order valence-electron chi connectivity index (χ3n) is 8.50. The molecule has 0 saturated carbocycles. The molecule has 9 nitrogen and oxygen atoms in total.